The first-order chi connectivity index (χ1) is 14.4. The number of alkyl halides is 3. The Bertz CT molecular complexity index is 987. The van der Waals surface area contributed by atoms with Crippen LogP contribution in [0, 0.1) is 0 Å². The SMILES string of the molecule is COc1ccc(Cn2nc3c(c2C(F)(F)F)C(C)(C)CCC=C3C(=O)OC(C)C)cc1. The van der Waals surface area contributed by atoms with Gasteiger partial charge in [0.05, 0.1) is 25.3 Å². The van der Waals surface area contributed by atoms with Gasteiger partial charge in [0.25, 0.3) is 0 Å². The van der Waals surface area contributed by atoms with Crippen molar-refractivity contribution in [1.29, 1.82) is 0 Å². The molecule has 0 radical (unpaired) electrons. The number of fused-ring (bicyclic) bond motifs is 1. The Morgan fingerprint density at radius 2 is 1.87 bits per heavy atom. The van der Waals surface area contributed by atoms with E-state index in [4.69, 9.17) is 9.47 Å². The summed E-state index contributed by atoms with van der Waals surface area (Å²) < 4.78 is 54.2. The summed E-state index contributed by atoms with van der Waals surface area (Å²) in [4.78, 5) is 12.7. The molecule has 1 heterocycles. The number of halogens is 3. The number of ether oxygens (including phenoxy) is 2. The van der Waals surface area contributed by atoms with E-state index >= 15 is 0 Å². The number of nitrogens with zero attached hydrogens (tertiary/aromatic N) is 2. The maximum absolute atomic E-state index is 14.3. The fraction of sp³-hybridized carbons (Fsp3) is 0.478. The second-order valence-electron chi connectivity index (χ2n) is 8.57. The van der Waals surface area contributed by atoms with Crippen LogP contribution in [0.25, 0.3) is 5.57 Å². The molecule has 1 aromatic carbocycles. The highest BCUT2D eigenvalue weighted by Crippen LogP contribution is 2.45. The second-order valence-corrected chi connectivity index (χ2v) is 8.57. The van der Waals surface area contributed by atoms with Crippen molar-refractivity contribution in [3.8, 4) is 5.75 Å². The highest BCUT2D eigenvalue weighted by molar-refractivity contribution is 6.16. The van der Waals surface area contributed by atoms with Crippen molar-refractivity contribution in [2.75, 3.05) is 7.11 Å². The van der Waals surface area contributed by atoms with E-state index < -0.39 is 29.4 Å². The average molecular weight is 436 g/mol. The molecule has 1 aliphatic carbocycles. The largest absolute Gasteiger partial charge is 0.497 e. The Kier molecular flexibility index (Phi) is 6.21. The van der Waals surface area contributed by atoms with Crippen LogP contribution < -0.4 is 4.74 Å². The number of esters is 1. The number of hydrogen-bond acceptors (Lipinski definition) is 4. The van der Waals surface area contributed by atoms with Crippen molar-refractivity contribution < 1.29 is 27.4 Å². The third kappa shape index (κ3) is 4.78. The number of rotatable bonds is 5. The van der Waals surface area contributed by atoms with Crippen LogP contribution in [-0.2, 0) is 27.7 Å². The second kappa shape index (κ2) is 8.40. The molecule has 0 unspecified atom stereocenters. The van der Waals surface area contributed by atoms with Crippen LogP contribution in [0.1, 0.15) is 63.1 Å². The molecule has 0 saturated carbocycles. The van der Waals surface area contributed by atoms with Crippen molar-refractivity contribution in [2.24, 2.45) is 0 Å². The molecule has 168 valence electrons. The smallest absolute Gasteiger partial charge is 0.433 e. The first kappa shape index (κ1) is 22.9. The summed E-state index contributed by atoms with van der Waals surface area (Å²) >= 11 is 0. The van der Waals surface area contributed by atoms with E-state index in [1.54, 1.807) is 58.0 Å². The zero-order chi connectivity index (χ0) is 23.0. The van der Waals surface area contributed by atoms with Crippen LogP contribution >= 0.6 is 0 Å². The molecular weight excluding hydrogens is 409 g/mol. The lowest BCUT2D eigenvalue weighted by atomic mass is 9.79. The van der Waals surface area contributed by atoms with E-state index in [9.17, 15) is 18.0 Å². The van der Waals surface area contributed by atoms with Crippen molar-refractivity contribution in [3.63, 3.8) is 0 Å². The third-order valence-electron chi connectivity index (χ3n) is 5.32. The maximum Gasteiger partial charge on any atom is 0.433 e. The molecule has 1 aliphatic rings. The van der Waals surface area contributed by atoms with Gasteiger partial charge in [-0.05, 0) is 49.8 Å². The fourth-order valence-electron chi connectivity index (χ4n) is 3.85. The Balaban J connectivity index is 2.17. The molecule has 0 amide bonds. The van der Waals surface area contributed by atoms with Gasteiger partial charge >= 0.3 is 12.1 Å². The molecule has 0 aliphatic heterocycles. The lowest BCUT2D eigenvalue weighted by molar-refractivity contribution is -0.145. The fourth-order valence-corrected chi connectivity index (χ4v) is 3.85. The van der Waals surface area contributed by atoms with Gasteiger partial charge in [-0.3, -0.25) is 4.68 Å². The maximum atomic E-state index is 14.3. The zero-order valence-electron chi connectivity index (χ0n) is 18.3. The predicted octanol–water partition coefficient (Wildman–Crippen LogP) is 5.37. The molecule has 0 fully saturated rings. The van der Waals surface area contributed by atoms with Crippen molar-refractivity contribution in [2.45, 2.75) is 64.8 Å². The molecule has 0 N–H and O–H groups in total. The van der Waals surface area contributed by atoms with Crippen molar-refractivity contribution in [3.05, 3.63) is 52.9 Å². The minimum Gasteiger partial charge on any atom is -0.497 e. The van der Waals surface area contributed by atoms with E-state index in [0.29, 0.717) is 24.2 Å². The monoisotopic (exact) mass is 436 g/mol. The Hall–Kier alpha value is -2.77. The summed E-state index contributed by atoms with van der Waals surface area (Å²) in [5.41, 5.74) is -0.833. The van der Waals surface area contributed by atoms with Crippen molar-refractivity contribution >= 4 is 11.5 Å². The molecule has 0 bridgehead atoms. The van der Waals surface area contributed by atoms with Gasteiger partial charge in [-0.15, -0.1) is 0 Å². The van der Waals surface area contributed by atoms with Gasteiger partial charge in [-0.25, -0.2) is 4.79 Å². The minimum atomic E-state index is -4.64. The van der Waals surface area contributed by atoms with Gasteiger partial charge < -0.3 is 9.47 Å². The lowest BCUT2D eigenvalue weighted by Crippen LogP contribution is -2.25. The molecule has 0 saturated heterocycles. The average Bonchev–Trinajstić information content (AvgIpc) is 2.99. The first-order valence-corrected chi connectivity index (χ1v) is 10.2. The van der Waals surface area contributed by atoms with Crippen LogP contribution in [0.2, 0.25) is 0 Å². The van der Waals surface area contributed by atoms with Crippen LogP contribution in [-0.4, -0.2) is 29.0 Å². The highest BCUT2D eigenvalue weighted by atomic mass is 19.4. The first-order valence-electron chi connectivity index (χ1n) is 10.2. The summed E-state index contributed by atoms with van der Waals surface area (Å²) in [5.74, 6) is -0.0457. The molecule has 0 spiro atoms. The quantitative estimate of drug-likeness (QED) is 0.592. The topological polar surface area (TPSA) is 53.4 Å². The number of allylic oxidation sites excluding steroid dienone is 1. The Morgan fingerprint density at radius 1 is 1.23 bits per heavy atom. The van der Waals surface area contributed by atoms with Crippen molar-refractivity contribution in [1.82, 2.24) is 9.78 Å². The van der Waals surface area contributed by atoms with Gasteiger partial charge in [0.2, 0.25) is 0 Å². The molecular formula is C23H27F3N2O3. The molecule has 3 rings (SSSR count). The molecule has 1 aromatic heterocycles. The standard InChI is InChI=1S/C23H27F3N2O3/c1-14(2)31-21(29)17-7-6-12-22(3,4)18-19(17)27-28(20(18)23(24,25)26)13-15-8-10-16(30-5)11-9-15/h7-11,14H,6,12-13H2,1-5H3. The number of hydrogen-bond donors (Lipinski definition) is 0. The Morgan fingerprint density at radius 3 is 2.42 bits per heavy atom. The molecule has 2 aromatic rings. The number of benzene rings is 1. The van der Waals surface area contributed by atoms with Gasteiger partial charge in [0.15, 0.2) is 0 Å². The van der Waals surface area contributed by atoms with Crippen LogP contribution in [0.3, 0.4) is 0 Å². The summed E-state index contributed by atoms with van der Waals surface area (Å²) in [5, 5.41) is 4.32. The normalized spacial score (nSPS) is 15.8. The van der Waals surface area contributed by atoms with Gasteiger partial charge in [0.1, 0.15) is 17.1 Å². The van der Waals surface area contributed by atoms with Gasteiger partial charge in [-0.1, -0.05) is 32.1 Å². The van der Waals surface area contributed by atoms with E-state index in [0.717, 1.165) is 4.68 Å². The number of carbonyl (C=O) groups excluding carboxylic acids is 1. The highest BCUT2D eigenvalue weighted by Gasteiger charge is 2.46. The van der Waals surface area contributed by atoms with Crippen LogP contribution in [0.4, 0.5) is 13.2 Å². The summed E-state index contributed by atoms with van der Waals surface area (Å²) in [6, 6.07) is 6.76. The number of aromatic nitrogens is 2. The summed E-state index contributed by atoms with van der Waals surface area (Å²) in [6.07, 6.45) is -2.47. The third-order valence-corrected chi connectivity index (χ3v) is 5.32. The van der Waals surface area contributed by atoms with E-state index in [1.165, 1.54) is 7.11 Å². The van der Waals surface area contributed by atoms with Gasteiger partial charge in [0, 0.05) is 5.56 Å². The summed E-state index contributed by atoms with van der Waals surface area (Å²) in [7, 11) is 1.52. The van der Waals surface area contributed by atoms with Crippen LogP contribution in [0.5, 0.6) is 5.75 Å². The van der Waals surface area contributed by atoms with E-state index in [1.807, 2.05) is 0 Å². The number of methoxy groups -OCH3 is 1. The molecule has 31 heavy (non-hydrogen) atoms. The molecule has 8 heteroatoms. The lowest BCUT2D eigenvalue weighted by Gasteiger charge is -2.26. The Labute approximate surface area is 179 Å². The van der Waals surface area contributed by atoms with Gasteiger partial charge in [-0.2, -0.15) is 18.3 Å². The predicted molar refractivity (Wildman–Crippen MR) is 111 cm³/mol. The van der Waals surface area contributed by atoms with Crippen LogP contribution in [0.15, 0.2) is 30.3 Å². The minimum absolute atomic E-state index is 0.0398. The number of carbonyl (C=O) groups is 1. The van der Waals surface area contributed by atoms with E-state index in [-0.39, 0.29) is 23.4 Å². The summed E-state index contributed by atoms with van der Waals surface area (Å²) in [6.45, 7) is 6.82. The van der Waals surface area contributed by atoms with E-state index in [2.05, 4.69) is 5.10 Å². The molecule has 0 atom stereocenters. The molecule has 5 nitrogen and oxygen atoms in total. The zero-order valence-corrected chi connectivity index (χ0v) is 18.3.